The summed E-state index contributed by atoms with van der Waals surface area (Å²) in [5.41, 5.74) is 0. The van der Waals surface area contributed by atoms with Crippen LogP contribution < -0.4 is 5.32 Å². The summed E-state index contributed by atoms with van der Waals surface area (Å²) < 4.78 is 0. The molecule has 0 aromatic heterocycles. The summed E-state index contributed by atoms with van der Waals surface area (Å²) in [4.78, 5) is 2.78. The smallest absolute Gasteiger partial charge is 0.0221 e. The van der Waals surface area contributed by atoms with Crippen LogP contribution in [0.25, 0.3) is 0 Å². The van der Waals surface area contributed by atoms with E-state index in [2.05, 4.69) is 51.8 Å². The molecule has 2 heteroatoms. The molecule has 2 nitrogen and oxygen atoms in total. The van der Waals surface area contributed by atoms with Gasteiger partial charge in [0, 0.05) is 31.2 Å². The number of nitrogens with one attached hydrogen (secondary N) is 1. The van der Waals surface area contributed by atoms with E-state index in [-0.39, 0.29) is 0 Å². The Labute approximate surface area is 121 Å². The lowest BCUT2D eigenvalue weighted by Gasteiger charge is -2.45. The maximum absolute atomic E-state index is 3.74. The third kappa shape index (κ3) is 5.43. The Morgan fingerprint density at radius 2 is 1.79 bits per heavy atom. The van der Waals surface area contributed by atoms with Gasteiger partial charge in [0.15, 0.2) is 0 Å². The van der Waals surface area contributed by atoms with E-state index in [1.165, 1.54) is 38.8 Å². The SMILES string of the molecule is CCC1CNC(C(C)C)CN1C(C)CCCC(C)C. The summed E-state index contributed by atoms with van der Waals surface area (Å²) in [7, 11) is 0. The molecule has 0 radical (unpaired) electrons. The van der Waals surface area contributed by atoms with Gasteiger partial charge < -0.3 is 5.32 Å². The highest BCUT2D eigenvalue weighted by Crippen LogP contribution is 2.21. The second kappa shape index (κ2) is 8.26. The second-order valence-electron chi connectivity index (χ2n) is 7.19. The van der Waals surface area contributed by atoms with Crippen LogP contribution >= 0.6 is 0 Å². The Bertz CT molecular complexity index is 237. The summed E-state index contributed by atoms with van der Waals surface area (Å²) in [5.74, 6) is 1.59. The van der Waals surface area contributed by atoms with Crippen LogP contribution in [0, 0.1) is 11.8 Å². The Balaban J connectivity index is 2.49. The third-order valence-electron chi connectivity index (χ3n) is 4.74. The van der Waals surface area contributed by atoms with E-state index < -0.39 is 0 Å². The molecule has 1 rings (SSSR count). The van der Waals surface area contributed by atoms with Crippen LogP contribution in [0.2, 0.25) is 0 Å². The van der Waals surface area contributed by atoms with Crippen LogP contribution in [0.4, 0.5) is 0 Å². The average Bonchev–Trinajstić information content (AvgIpc) is 2.37. The molecular weight excluding hydrogens is 232 g/mol. The first-order chi connectivity index (χ1) is 8.95. The fourth-order valence-corrected chi connectivity index (χ4v) is 3.20. The molecule has 1 aliphatic rings. The average molecular weight is 268 g/mol. The van der Waals surface area contributed by atoms with E-state index in [9.17, 15) is 0 Å². The van der Waals surface area contributed by atoms with Gasteiger partial charge in [-0.1, -0.05) is 47.5 Å². The zero-order valence-corrected chi connectivity index (χ0v) is 14.1. The monoisotopic (exact) mass is 268 g/mol. The summed E-state index contributed by atoms with van der Waals surface area (Å²) in [6, 6.07) is 2.16. The minimum Gasteiger partial charge on any atom is -0.311 e. The van der Waals surface area contributed by atoms with E-state index in [0.29, 0.717) is 6.04 Å². The Morgan fingerprint density at radius 3 is 2.32 bits per heavy atom. The van der Waals surface area contributed by atoms with Crippen molar-refractivity contribution in [3.63, 3.8) is 0 Å². The van der Waals surface area contributed by atoms with Gasteiger partial charge in [-0.2, -0.15) is 0 Å². The first-order valence-electron chi connectivity index (χ1n) is 8.44. The quantitative estimate of drug-likeness (QED) is 0.753. The van der Waals surface area contributed by atoms with Crippen molar-refractivity contribution in [2.45, 2.75) is 85.4 Å². The van der Waals surface area contributed by atoms with Crippen LogP contribution in [0.5, 0.6) is 0 Å². The summed E-state index contributed by atoms with van der Waals surface area (Å²) in [5, 5.41) is 3.74. The van der Waals surface area contributed by atoms with Crippen LogP contribution in [0.3, 0.4) is 0 Å². The molecule has 0 saturated carbocycles. The highest BCUT2D eigenvalue weighted by Gasteiger charge is 2.30. The van der Waals surface area contributed by atoms with Crippen molar-refractivity contribution < 1.29 is 0 Å². The van der Waals surface area contributed by atoms with Gasteiger partial charge >= 0.3 is 0 Å². The van der Waals surface area contributed by atoms with Gasteiger partial charge in [0.05, 0.1) is 0 Å². The minimum absolute atomic E-state index is 0.676. The van der Waals surface area contributed by atoms with Crippen LogP contribution in [-0.4, -0.2) is 36.1 Å². The molecule has 1 heterocycles. The lowest BCUT2D eigenvalue weighted by Crippen LogP contribution is -2.60. The van der Waals surface area contributed by atoms with E-state index in [1.54, 1.807) is 0 Å². The lowest BCUT2D eigenvalue weighted by molar-refractivity contribution is 0.0688. The van der Waals surface area contributed by atoms with Crippen molar-refractivity contribution in [3.05, 3.63) is 0 Å². The number of piperazine rings is 1. The van der Waals surface area contributed by atoms with Crippen molar-refractivity contribution in [3.8, 4) is 0 Å². The van der Waals surface area contributed by atoms with Gasteiger partial charge in [-0.25, -0.2) is 0 Å². The first kappa shape index (κ1) is 17.0. The normalized spacial score (nSPS) is 27.2. The number of rotatable bonds is 7. The molecule has 3 atom stereocenters. The maximum atomic E-state index is 3.74. The zero-order chi connectivity index (χ0) is 14.4. The van der Waals surface area contributed by atoms with Crippen LogP contribution in [-0.2, 0) is 0 Å². The van der Waals surface area contributed by atoms with Crippen molar-refractivity contribution in [2.24, 2.45) is 11.8 Å². The van der Waals surface area contributed by atoms with Crippen LogP contribution in [0.1, 0.15) is 67.2 Å². The van der Waals surface area contributed by atoms with Crippen LogP contribution in [0.15, 0.2) is 0 Å². The maximum Gasteiger partial charge on any atom is 0.0221 e. The van der Waals surface area contributed by atoms with Gasteiger partial charge in [-0.15, -0.1) is 0 Å². The van der Waals surface area contributed by atoms with Gasteiger partial charge in [-0.05, 0) is 31.6 Å². The summed E-state index contributed by atoms with van der Waals surface area (Å²) >= 11 is 0. The number of hydrogen-bond donors (Lipinski definition) is 1. The fourth-order valence-electron chi connectivity index (χ4n) is 3.20. The third-order valence-corrected chi connectivity index (χ3v) is 4.74. The zero-order valence-electron chi connectivity index (χ0n) is 14.1. The molecule has 1 aliphatic heterocycles. The van der Waals surface area contributed by atoms with Crippen molar-refractivity contribution in [2.75, 3.05) is 13.1 Å². The molecule has 0 spiro atoms. The Kier molecular flexibility index (Phi) is 7.38. The number of nitrogens with zero attached hydrogens (tertiary/aromatic N) is 1. The largest absolute Gasteiger partial charge is 0.311 e. The molecule has 0 aromatic rings. The molecule has 1 saturated heterocycles. The van der Waals surface area contributed by atoms with E-state index in [4.69, 9.17) is 0 Å². The topological polar surface area (TPSA) is 15.3 Å². The summed E-state index contributed by atoms with van der Waals surface area (Å²) in [6.45, 7) is 16.5. The van der Waals surface area contributed by atoms with Gasteiger partial charge in [0.25, 0.3) is 0 Å². The molecule has 0 aromatic carbocycles. The lowest BCUT2D eigenvalue weighted by atomic mass is 9.95. The molecule has 19 heavy (non-hydrogen) atoms. The van der Waals surface area contributed by atoms with E-state index >= 15 is 0 Å². The molecule has 1 N–H and O–H groups in total. The van der Waals surface area contributed by atoms with Gasteiger partial charge in [-0.3, -0.25) is 4.90 Å². The standard InChI is InChI=1S/C17H36N2/c1-7-16-11-18-17(14(4)5)12-19(16)15(6)10-8-9-13(2)3/h13-18H,7-12H2,1-6H3. The summed E-state index contributed by atoms with van der Waals surface area (Å²) in [6.07, 6.45) is 5.39. The predicted molar refractivity (Wildman–Crippen MR) is 85.6 cm³/mol. The second-order valence-corrected chi connectivity index (χ2v) is 7.19. The molecule has 3 unspecified atom stereocenters. The highest BCUT2D eigenvalue weighted by atomic mass is 15.3. The Hall–Kier alpha value is -0.0800. The molecule has 0 bridgehead atoms. The molecule has 1 fully saturated rings. The van der Waals surface area contributed by atoms with Gasteiger partial charge in [0.1, 0.15) is 0 Å². The molecular formula is C17H36N2. The molecule has 0 amide bonds. The van der Waals surface area contributed by atoms with Gasteiger partial charge in [0.2, 0.25) is 0 Å². The molecule has 114 valence electrons. The van der Waals surface area contributed by atoms with Crippen molar-refractivity contribution >= 4 is 0 Å². The first-order valence-corrected chi connectivity index (χ1v) is 8.44. The minimum atomic E-state index is 0.676. The van der Waals surface area contributed by atoms with E-state index in [1.807, 2.05) is 0 Å². The van der Waals surface area contributed by atoms with E-state index in [0.717, 1.165) is 23.9 Å². The number of hydrogen-bond acceptors (Lipinski definition) is 2. The Morgan fingerprint density at radius 1 is 1.11 bits per heavy atom. The fraction of sp³-hybridized carbons (Fsp3) is 1.00. The van der Waals surface area contributed by atoms with Crippen molar-refractivity contribution in [1.82, 2.24) is 10.2 Å². The van der Waals surface area contributed by atoms with Crippen molar-refractivity contribution in [1.29, 1.82) is 0 Å². The predicted octanol–water partition coefficient (Wildman–Crippen LogP) is 3.91. The molecule has 0 aliphatic carbocycles. The highest BCUT2D eigenvalue weighted by molar-refractivity contribution is 4.89.